The van der Waals surface area contributed by atoms with Gasteiger partial charge >= 0.3 is 0 Å². The molecule has 0 spiro atoms. The van der Waals surface area contributed by atoms with Crippen molar-refractivity contribution in [1.82, 2.24) is 14.5 Å². The van der Waals surface area contributed by atoms with E-state index in [-0.39, 0.29) is 0 Å². The van der Waals surface area contributed by atoms with E-state index in [4.69, 9.17) is 4.98 Å². The lowest BCUT2D eigenvalue weighted by atomic mass is 10.1. The maximum atomic E-state index is 9.41. The highest BCUT2D eigenvalue weighted by molar-refractivity contribution is 5.77. The second-order valence-electron chi connectivity index (χ2n) is 6.40. The van der Waals surface area contributed by atoms with E-state index < -0.39 is 0 Å². The summed E-state index contributed by atoms with van der Waals surface area (Å²) in [6.07, 6.45) is 5.23. The third-order valence-corrected chi connectivity index (χ3v) is 4.75. The predicted octanol–water partition coefficient (Wildman–Crippen LogP) is 2.75. The molecule has 2 aromatic rings. The first-order chi connectivity index (χ1) is 10.2. The molecule has 108 valence electrons. The molecule has 0 bridgehead atoms. The molecule has 0 aromatic carbocycles. The number of pyridine rings is 1. The van der Waals surface area contributed by atoms with Crippen LogP contribution in [-0.4, -0.2) is 20.6 Å². The number of aryl methyl sites for hydroxylation is 2. The fourth-order valence-corrected chi connectivity index (χ4v) is 3.11. The van der Waals surface area contributed by atoms with Crippen LogP contribution in [0.5, 0.6) is 0 Å². The van der Waals surface area contributed by atoms with Gasteiger partial charge in [0, 0.05) is 13.1 Å². The van der Waals surface area contributed by atoms with Crippen LogP contribution < -0.4 is 5.32 Å². The molecule has 5 nitrogen and oxygen atoms in total. The first kappa shape index (κ1) is 12.6. The number of nitrogens with zero attached hydrogens (tertiary/aromatic N) is 4. The van der Waals surface area contributed by atoms with Crippen molar-refractivity contribution in [1.29, 1.82) is 5.26 Å². The number of fused-ring (bicyclic) bond motifs is 1. The molecule has 21 heavy (non-hydrogen) atoms. The fourth-order valence-electron chi connectivity index (χ4n) is 3.11. The molecule has 0 amide bonds. The molecule has 5 heteroatoms. The average molecular weight is 281 g/mol. The number of nitrogens with one attached hydrogen (secondary N) is 1. The molecule has 2 heterocycles. The molecular formula is C16H19N5. The van der Waals surface area contributed by atoms with Crippen molar-refractivity contribution in [2.24, 2.45) is 18.9 Å². The second kappa shape index (κ2) is 4.45. The van der Waals surface area contributed by atoms with Gasteiger partial charge in [0.1, 0.15) is 23.2 Å². The molecular weight excluding hydrogens is 262 g/mol. The minimum atomic E-state index is 0.497. The van der Waals surface area contributed by atoms with Gasteiger partial charge in [-0.15, -0.1) is 0 Å². The first-order valence-electron chi connectivity index (χ1n) is 7.68. The van der Waals surface area contributed by atoms with Crippen LogP contribution in [0.15, 0.2) is 6.07 Å². The Morgan fingerprint density at radius 3 is 2.52 bits per heavy atom. The Hall–Kier alpha value is -2.09. The number of hydrogen-bond acceptors (Lipinski definition) is 4. The Balaban J connectivity index is 1.75. The third kappa shape index (κ3) is 2.15. The summed E-state index contributed by atoms with van der Waals surface area (Å²) in [5.41, 5.74) is 2.25. The summed E-state index contributed by atoms with van der Waals surface area (Å²) >= 11 is 0. The highest BCUT2D eigenvalue weighted by Gasteiger charge is 2.41. The number of hydrogen-bond donors (Lipinski definition) is 1. The van der Waals surface area contributed by atoms with Gasteiger partial charge in [-0.05, 0) is 50.5 Å². The van der Waals surface area contributed by atoms with Gasteiger partial charge in [-0.3, -0.25) is 0 Å². The monoisotopic (exact) mass is 281 g/mol. The van der Waals surface area contributed by atoms with Gasteiger partial charge in [-0.1, -0.05) is 0 Å². The Bertz CT molecular complexity index is 734. The highest BCUT2D eigenvalue weighted by Crippen LogP contribution is 2.46. The summed E-state index contributed by atoms with van der Waals surface area (Å²) in [4.78, 5) is 9.15. The van der Waals surface area contributed by atoms with E-state index in [0.717, 1.165) is 34.6 Å². The molecule has 2 aliphatic carbocycles. The number of aromatic nitrogens is 3. The lowest BCUT2D eigenvalue weighted by Crippen LogP contribution is -2.25. The van der Waals surface area contributed by atoms with Crippen LogP contribution in [0.1, 0.15) is 37.1 Å². The minimum absolute atomic E-state index is 0.497. The molecule has 0 unspecified atom stereocenters. The summed E-state index contributed by atoms with van der Waals surface area (Å²) in [6.45, 7) is 1.96. The van der Waals surface area contributed by atoms with E-state index in [1.165, 1.54) is 25.7 Å². The zero-order chi connectivity index (χ0) is 14.6. The summed E-state index contributed by atoms with van der Waals surface area (Å²) in [5.74, 6) is 3.20. The van der Waals surface area contributed by atoms with Crippen molar-refractivity contribution in [3.8, 4) is 6.07 Å². The molecule has 2 aliphatic rings. The van der Waals surface area contributed by atoms with Crippen molar-refractivity contribution in [2.45, 2.75) is 38.6 Å². The lowest BCUT2D eigenvalue weighted by Gasteiger charge is -2.19. The largest absolute Gasteiger partial charge is 0.366 e. The highest BCUT2D eigenvalue weighted by atomic mass is 15.1. The van der Waals surface area contributed by atoms with E-state index in [0.29, 0.717) is 11.6 Å². The van der Waals surface area contributed by atoms with Crippen molar-refractivity contribution in [2.75, 3.05) is 5.32 Å². The van der Waals surface area contributed by atoms with Crippen LogP contribution >= 0.6 is 0 Å². The van der Waals surface area contributed by atoms with Gasteiger partial charge < -0.3 is 9.88 Å². The molecule has 0 aliphatic heterocycles. The van der Waals surface area contributed by atoms with Crippen LogP contribution in [0.4, 0.5) is 5.82 Å². The first-order valence-corrected chi connectivity index (χ1v) is 7.68. The normalized spacial score (nSPS) is 18.2. The molecule has 4 rings (SSSR count). The van der Waals surface area contributed by atoms with Crippen LogP contribution in [0, 0.1) is 30.1 Å². The van der Waals surface area contributed by atoms with Crippen LogP contribution in [0.25, 0.3) is 11.2 Å². The van der Waals surface area contributed by atoms with Gasteiger partial charge in [0.05, 0.1) is 5.56 Å². The Labute approximate surface area is 124 Å². The molecule has 0 radical (unpaired) electrons. The number of rotatable bonds is 4. The zero-order valence-electron chi connectivity index (χ0n) is 12.4. The van der Waals surface area contributed by atoms with Crippen molar-refractivity contribution < 1.29 is 0 Å². The van der Waals surface area contributed by atoms with E-state index in [9.17, 15) is 5.26 Å². The average Bonchev–Trinajstić information content (AvgIpc) is 3.37. The van der Waals surface area contributed by atoms with Gasteiger partial charge in [0.15, 0.2) is 5.65 Å². The zero-order valence-corrected chi connectivity index (χ0v) is 12.4. The van der Waals surface area contributed by atoms with Gasteiger partial charge in [-0.25, -0.2) is 9.97 Å². The van der Waals surface area contributed by atoms with Crippen molar-refractivity contribution in [3.63, 3.8) is 0 Å². The quantitative estimate of drug-likeness (QED) is 0.935. The molecule has 2 fully saturated rings. The van der Waals surface area contributed by atoms with E-state index in [1.54, 1.807) is 0 Å². The van der Waals surface area contributed by atoms with Gasteiger partial charge in [0.2, 0.25) is 0 Å². The Morgan fingerprint density at radius 1 is 1.29 bits per heavy atom. The maximum Gasteiger partial charge on any atom is 0.162 e. The summed E-state index contributed by atoms with van der Waals surface area (Å²) in [5, 5.41) is 13.0. The van der Waals surface area contributed by atoms with E-state index in [2.05, 4.69) is 16.4 Å². The maximum absolute atomic E-state index is 9.41. The topological polar surface area (TPSA) is 66.5 Å². The number of anilines is 1. The van der Waals surface area contributed by atoms with Crippen molar-refractivity contribution >= 4 is 17.0 Å². The number of nitriles is 1. The molecule has 0 saturated heterocycles. The smallest absolute Gasteiger partial charge is 0.162 e. The summed E-state index contributed by atoms with van der Waals surface area (Å²) < 4.78 is 1.98. The SMILES string of the molecule is Cc1nc2cc(C#N)c(NC(C3CC3)C3CC3)nc2n1C. The standard InChI is InChI=1S/C16H19N5/c1-9-18-13-7-12(8-17)15(20-16(13)21(9)2)19-14(10-3-4-10)11-5-6-11/h7,10-11,14H,3-6H2,1-2H3,(H,19,20). The number of imidazole rings is 1. The molecule has 1 N–H and O–H groups in total. The third-order valence-electron chi connectivity index (χ3n) is 4.75. The Kier molecular flexibility index (Phi) is 2.68. The second-order valence-corrected chi connectivity index (χ2v) is 6.40. The molecule has 0 atom stereocenters. The summed E-state index contributed by atoms with van der Waals surface area (Å²) in [7, 11) is 1.97. The summed E-state index contributed by atoms with van der Waals surface area (Å²) in [6, 6.07) is 4.62. The lowest BCUT2D eigenvalue weighted by molar-refractivity contribution is 0.565. The predicted molar refractivity (Wildman–Crippen MR) is 80.8 cm³/mol. The van der Waals surface area contributed by atoms with Crippen LogP contribution in [0.2, 0.25) is 0 Å². The Morgan fingerprint density at radius 2 is 1.95 bits per heavy atom. The van der Waals surface area contributed by atoms with Gasteiger partial charge in [-0.2, -0.15) is 5.26 Å². The van der Waals surface area contributed by atoms with E-state index >= 15 is 0 Å². The minimum Gasteiger partial charge on any atom is -0.366 e. The fraction of sp³-hybridized carbons (Fsp3) is 0.562. The van der Waals surface area contributed by atoms with Crippen LogP contribution in [0.3, 0.4) is 0 Å². The molecule has 2 aromatic heterocycles. The van der Waals surface area contributed by atoms with Gasteiger partial charge in [0.25, 0.3) is 0 Å². The van der Waals surface area contributed by atoms with Crippen LogP contribution in [-0.2, 0) is 7.05 Å². The molecule has 2 saturated carbocycles. The van der Waals surface area contributed by atoms with Crippen molar-refractivity contribution in [3.05, 3.63) is 17.5 Å². The van der Waals surface area contributed by atoms with E-state index in [1.807, 2.05) is 24.6 Å².